The van der Waals surface area contributed by atoms with Gasteiger partial charge in [-0.2, -0.15) is 8.42 Å². The van der Waals surface area contributed by atoms with Gasteiger partial charge in [-0.1, -0.05) is 44.2 Å². The second kappa shape index (κ2) is 9.71. The van der Waals surface area contributed by atoms with Gasteiger partial charge in [0.1, 0.15) is 5.75 Å². The van der Waals surface area contributed by atoms with Crippen molar-refractivity contribution in [3.8, 4) is 5.75 Å². The van der Waals surface area contributed by atoms with Gasteiger partial charge in [-0.25, -0.2) is 0 Å². The van der Waals surface area contributed by atoms with Crippen molar-refractivity contribution in [2.45, 2.75) is 44.3 Å². The van der Waals surface area contributed by atoms with Crippen molar-refractivity contribution in [2.75, 3.05) is 13.2 Å². The lowest BCUT2D eigenvalue weighted by atomic mass is 9.99. The molecule has 0 saturated heterocycles. The Morgan fingerprint density at radius 1 is 0.923 bits per heavy atom. The van der Waals surface area contributed by atoms with Gasteiger partial charge in [0.15, 0.2) is 6.29 Å². The van der Waals surface area contributed by atoms with Crippen LogP contribution in [0.3, 0.4) is 0 Å². The van der Waals surface area contributed by atoms with Crippen LogP contribution in [0.5, 0.6) is 5.75 Å². The van der Waals surface area contributed by atoms with Crippen LogP contribution in [0.25, 0.3) is 0 Å². The van der Waals surface area contributed by atoms with E-state index in [4.69, 9.17) is 13.7 Å². The lowest BCUT2D eigenvalue weighted by Crippen LogP contribution is -2.20. The average molecular weight is 378 g/mol. The molecular weight excluding hydrogens is 352 g/mol. The Morgan fingerprint density at radius 3 is 2.19 bits per heavy atom. The minimum Gasteiger partial charge on any atom is -0.465 e. The van der Waals surface area contributed by atoms with Crippen molar-refractivity contribution >= 4 is 10.1 Å². The molecule has 0 saturated carbocycles. The maximum atomic E-state index is 12.0. The normalized spacial score (nSPS) is 14.0. The fourth-order valence-electron chi connectivity index (χ4n) is 2.35. The summed E-state index contributed by atoms with van der Waals surface area (Å²) in [6.07, 6.45) is 0.582. The molecule has 0 radical (unpaired) electrons. The molecule has 0 aliphatic carbocycles. The Morgan fingerprint density at radius 2 is 1.58 bits per heavy atom. The average Bonchev–Trinajstić information content (AvgIpc) is 2.66. The van der Waals surface area contributed by atoms with Crippen LogP contribution in [0.1, 0.15) is 38.7 Å². The molecule has 2 unspecified atom stereocenters. The third-order valence-corrected chi connectivity index (χ3v) is 5.40. The van der Waals surface area contributed by atoms with Crippen LogP contribution < -0.4 is 4.74 Å². The monoisotopic (exact) mass is 378 g/mol. The van der Waals surface area contributed by atoms with Gasteiger partial charge in [0.2, 0.25) is 0 Å². The van der Waals surface area contributed by atoms with Gasteiger partial charge in [-0.15, -0.1) is 0 Å². The molecule has 2 rings (SSSR count). The molecule has 5 nitrogen and oxygen atoms in total. The molecular formula is C20H26O5S. The quantitative estimate of drug-likeness (QED) is 0.349. The summed E-state index contributed by atoms with van der Waals surface area (Å²) >= 11 is 0. The Bertz CT molecular complexity index is 757. The molecule has 6 heteroatoms. The SMILES string of the molecule is CCC(C)c1ccc(OC(C)OCCOS(=O)(=O)c2ccccc2)cc1. The molecule has 0 aliphatic heterocycles. The van der Waals surface area contributed by atoms with Gasteiger partial charge in [-0.3, -0.25) is 4.18 Å². The first-order chi connectivity index (χ1) is 12.4. The predicted molar refractivity (Wildman–Crippen MR) is 101 cm³/mol. The lowest BCUT2D eigenvalue weighted by molar-refractivity contribution is -0.0735. The highest BCUT2D eigenvalue weighted by atomic mass is 32.2. The molecule has 0 heterocycles. The molecule has 0 aromatic heterocycles. The summed E-state index contributed by atoms with van der Waals surface area (Å²) in [7, 11) is -3.75. The molecule has 142 valence electrons. The van der Waals surface area contributed by atoms with Gasteiger partial charge in [0.25, 0.3) is 10.1 Å². The zero-order valence-electron chi connectivity index (χ0n) is 15.4. The predicted octanol–water partition coefficient (Wildman–Crippen LogP) is 4.35. The molecule has 0 bridgehead atoms. The standard InChI is InChI=1S/C20H26O5S/c1-4-16(2)18-10-12-19(13-11-18)25-17(3)23-14-15-24-26(21,22)20-8-6-5-7-9-20/h5-13,16-17H,4,14-15H2,1-3H3. The molecule has 0 aliphatic rings. The Labute approximate surface area is 156 Å². The van der Waals surface area contributed by atoms with Crippen molar-refractivity contribution in [1.29, 1.82) is 0 Å². The van der Waals surface area contributed by atoms with E-state index in [1.165, 1.54) is 17.7 Å². The van der Waals surface area contributed by atoms with Crippen LogP contribution in [0.4, 0.5) is 0 Å². The molecule has 2 aromatic rings. The number of rotatable bonds is 10. The van der Waals surface area contributed by atoms with E-state index in [2.05, 4.69) is 13.8 Å². The third kappa shape index (κ3) is 6.12. The summed E-state index contributed by atoms with van der Waals surface area (Å²) in [5.74, 6) is 1.23. The maximum Gasteiger partial charge on any atom is 0.297 e. The molecule has 26 heavy (non-hydrogen) atoms. The maximum absolute atomic E-state index is 12.0. The molecule has 0 fully saturated rings. The van der Waals surface area contributed by atoms with E-state index in [0.29, 0.717) is 11.7 Å². The minimum absolute atomic E-state index is 0.0715. The van der Waals surface area contributed by atoms with E-state index in [9.17, 15) is 8.42 Å². The van der Waals surface area contributed by atoms with Crippen LogP contribution >= 0.6 is 0 Å². The second-order valence-electron chi connectivity index (χ2n) is 6.02. The van der Waals surface area contributed by atoms with Crippen molar-refractivity contribution < 1.29 is 22.1 Å². The fourth-order valence-corrected chi connectivity index (χ4v) is 3.26. The summed E-state index contributed by atoms with van der Waals surface area (Å²) in [6.45, 7) is 6.14. The number of hydrogen-bond donors (Lipinski definition) is 0. The topological polar surface area (TPSA) is 61.8 Å². The molecule has 2 aromatic carbocycles. The summed E-state index contributed by atoms with van der Waals surface area (Å²) in [4.78, 5) is 0.130. The highest BCUT2D eigenvalue weighted by Crippen LogP contribution is 2.22. The van der Waals surface area contributed by atoms with Gasteiger partial charge in [0.05, 0.1) is 18.1 Å². The summed E-state index contributed by atoms with van der Waals surface area (Å²) in [6, 6.07) is 15.9. The zero-order chi connectivity index (χ0) is 19.0. The Balaban J connectivity index is 1.74. The first-order valence-corrected chi connectivity index (χ1v) is 10.2. The minimum atomic E-state index is -3.75. The van der Waals surface area contributed by atoms with Crippen LogP contribution in [0.15, 0.2) is 59.5 Å². The largest absolute Gasteiger partial charge is 0.465 e. The second-order valence-corrected chi connectivity index (χ2v) is 7.64. The van der Waals surface area contributed by atoms with Gasteiger partial charge < -0.3 is 9.47 Å². The first kappa shape index (κ1) is 20.4. The molecule has 0 amide bonds. The van der Waals surface area contributed by atoms with E-state index in [0.717, 1.165) is 6.42 Å². The molecule has 2 atom stereocenters. The van der Waals surface area contributed by atoms with Crippen molar-refractivity contribution in [3.63, 3.8) is 0 Å². The summed E-state index contributed by atoms with van der Waals surface area (Å²) in [5.41, 5.74) is 1.27. The lowest BCUT2D eigenvalue weighted by Gasteiger charge is -2.16. The van der Waals surface area contributed by atoms with Crippen molar-refractivity contribution in [3.05, 3.63) is 60.2 Å². The summed E-state index contributed by atoms with van der Waals surface area (Å²) in [5, 5.41) is 0. The van der Waals surface area contributed by atoms with Crippen LogP contribution in [-0.4, -0.2) is 27.9 Å². The van der Waals surface area contributed by atoms with Crippen LogP contribution in [0.2, 0.25) is 0 Å². The van der Waals surface area contributed by atoms with E-state index in [1.807, 2.05) is 24.3 Å². The molecule has 0 spiro atoms. The van der Waals surface area contributed by atoms with E-state index in [1.54, 1.807) is 25.1 Å². The summed E-state index contributed by atoms with van der Waals surface area (Å²) < 4.78 is 40.0. The van der Waals surface area contributed by atoms with Gasteiger partial charge in [0, 0.05) is 0 Å². The number of hydrogen-bond acceptors (Lipinski definition) is 5. The van der Waals surface area contributed by atoms with E-state index < -0.39 is 16.4 Å². The zero-order valence-corrected chi connectivity index (χ0v) is 16.2. The Kier molecular flexibility index (Phi) is 7.63. The number of benzene rings is 2. The highest BCUT2D eigenvalue weighted by molar-refractivity contribution is 7.86. The smallest absolute Gasteiger partial charge is 0.297 e. The van der Waals surface area contributed by atoms with Crippen LogP contribution in [0, 0.1) is 0 Å². The van der Waals surface area contributed by atoms with Crippen molar-refractivity contribution in [1.82, 2.24) is 0 Å². The number of ether oxygens (including phenoxy) is 2. The van der Waals surface area contributed by atoms with Gasteiger partial charge >= 0.3 is 0 Å². The van der Waals surface area contributed by atoms with Crippen LogP contribution in [-0.2, 0) is 19.0 Å². The Hall–Kier alpha value is -1.89. The molecule has 0 N–H and O–H groups in total. The van der Waals surface area contributed by atoms with E-state index >= 15 is 0 Å². The van der Waals surface area contributed by atoms with Gasteiger partial charge in [-0.05, 0) is 49.1 Å². The fraction of sp³-hybridized carbons (Fsp3) is 0.400. The van der Waals surface area contributed by atoms with Crippen molar-refractivity contribution in [2.24, 2.45) is 0 Å². The highest BCUT2D eigenvalue weighted by Gasteiger charge is 2.14. The van der Waals surface area contributed by atoms with E-state index in [-0.39, 0.29) is 18.1 Å². The third-order valence-electron chi connectivity index (χ3n) is 4.07. The first-order valence-electron chi connectivity index (χ1n) is 8.75.